The van der Waals surface area contributed by atoms with Gasteiger partial charge in [0.25, 0.3) is 11.8 Å². The van der Waals surface area contributed by atoms with Crippen molar-refractivity contribution in [1.82, 2.24) is 14.8 Å². The number of nitrogens with zero attached hydrogens (tertiary/aromatic N) is 3. The fourth-order valence-electron chi connectivity index (χ4n) is 6.54. The van der Waals surface area contributed by atoms with Gasteiger partial charge in [-0.15, -0.1) is 0 Å². The molecule has 2 amide bonds. The first kappa shape index (κ1) is 34.8. The van der Waals surface area contributed by atoms with Gasteiger partial charge < -0.3 is 33.8 Å². The number of hydrogen-bond donors (Lipinski definition) is 1. The molecule has 12 nitrogen and oxygen atoms in total. The van der Waals surface area contributed by atoms with Crippen molar-refractivity contribution in [2.45, 2.75) is 102 Å². The molecule has 4 heterocycles. The molecule has 260 valence electrons. The summed E-state index contributed by atoms with van der Waals surface area (Å²) in [4.78, 5) is 62.0. The molecule has 2 aromatic rings. The Hall–Kier alpha value is -4.49. The number of benzene rings is 1. The molecule has 2 bridgehead atoms. The van der Waals surface area contributed by atoms with Gasteiger partial charge in [-0.05, 0) is 32.3 Å². The maximum atomic E-state index is 14.3. The Kier molecular flexibility index (Phi) is 11.0. The van der Waals surface area contributed by atoms with Crippen molar-refractivity contribution >= 4 is 23.9 Å². The number of hydrogen-bond acceptors (Lipinski definition) is 9. The summed E-state index contributed by atoms with van der Waals surface area (Å²) in [5.74, 6) is -3.45. The van der Waals surface area contributed by atoms with Crippen molar-refractivity contribution in [1.29, 1.82) is 0 Å². The van der Waals surface area contributed by atoms with E-state index < -0.39 is 58.0 Å². The van der Waals surface area contributed by atoms with Gasteiger partial charge in [0.15, 0.2) is 11.3 Å². The summed E-state index contributed by atoms with van der Waals surface area (Å²) in [7, 11) is 1.47. The second-order valence-corrected chi connectivity index (χ2v) is 12.6. The Morgan fingerprint density at radius 3 is 2.58 bits per heavy atom. The number of methoxy groups -OCH3 is 1. The molecule has 0 unspecified atom stereocenters. The van der Waals surface area contributed by atoms with E-state index in [-0.39, 0.29) is 43.4 Å². The van der Waals surface area contributed by atoms with Crippen LogP contribution in [0.2, 0.25) is 0 Å². The number of fused-ring (bicyclic) bond motifs is 5. The number of carbonyl (C=O) groups excluding carboxylic acids is 3. The van der Waals surface area contributed by atoms with E-state index in [9.17, 15) is 28.0 Å². The zero-order valence-corrected chi connectivity index (χ0v) is 27.5. The SMILES string of the molecule is CCCCCCCCCOC(=O)Oc1c2n(cc(C(=O)NCc3ccc(F)cc3F)c1=O)[C@@H]1CN(C2=O)[C@@H](C)CC[C@]12CC(OC)=NO2. The van der Waals surface area contributed by atoms with E-state index in [1.165, 1.54) is 30.4 Å². The van der Waals surface area contributed by atoms with Gasteiger partial charge in [0, 0.05) is 37.0 Å². The molecule has 3 atom stereocenters. The van der Waals surface area contributed by atoms with E-state index in [1.54, 1.807) is 4.90 Å². The van der Waals surface area contributed by atoms with Crippen LogP contribution in [0.4, 0.5) is 13.6 Å². The van der Waals surface area contributed by atoms with Crippen LogP contribution in [0, 0.1) is 11.6 Å². The fraction of sp³-hybridized carbons (Fsp3) is 0.559. The number of nitrogens with one attached hydrogen (secondary N) is 1. The van der Waals surface area contributed by atoms with Crippen LogP contribution in [0.15, 0.2) is 34.3 Å². The summed E-state index contributed by atoms with van der Waals surface area (Å²) < 4.78 is 45.3. The highest BCUT2D eigenvalue weighted by Crippen LogP contribution is 2.46. The third-order valence-corrected chi connectivity index (χ3v) is 9.35. The zero-order chi connectivity index (χ0) is 34.4. The van der Waals surface area contributed by atoms with Gasteiger partial charge in [-0.1, -0.05) is 56.7 Å². The average Bonchev–Trinajstić information content (AvgIpc) is 3.44. The third-order valence-electron chi connectivity index (χ3n) is 9.35. The van der Waals surface area contributed by atoms with Crippen molar-refractivity contribution in [3.8, 4) is 5.75 Å². The minimum atomic E-state index is -1.19. The molecule has 1 fully saturated rings. The van der Waals surface area contributed by atoms with Crippen LogP contribution < -0.4 is 15.5 Å². The summed E-state index contributed by atoms with van der Waals surface area (Å²) in [5, 5.41) is 6.58. The van der Waals surface area contributed by atoms with Crippen LogP contribution in [0.5, 0.6) is 5.75 Å². The smallest absolute Gasteiger partial charge is 0.482 e. The quantitative estimate of drug-likeness (QED) is 0.227. The number of unbranched alkanes of at least 4 members (excludes halogenated alkanes) is 6. The van der Waals surface area contributed by atoms with Crippen LogP contribution in [0.25, 0.3) is 0 Å². The second kappa shape index (κ2) is 15.2. The predicted molar refractivity (Wildman–Crippen MR) is 170 cm³/mol. The Morgan fingerprint density at radius 2 is 1.88 bits per heavy atom. The molecule has 1 aromatic heterocycles. The Bertz CT molecular complexity index is 1630. The number of carbonyl (C=O) groups is 3. The zero-order valence-electron chi connectivity index (χ0n) is 27.5. The standard InChI is InChI=1S/C34H42F2N4O8/c1-4-5-6-7-8-9-10-15-46-33(44)47-30-28-32(43)39-20-26(34(14-13-21(39)2)17-27(45-3)38-48-34)40(28)19-24(29(30)41)31(42)37-18-22-11-12-23(35)16-25(22)36/h11-12,16,19,21,26H,4-10,13-15,17-18,20H2,1-3H3,(H,37,42)/t21-,26+,34-/m0/s1. The lowest BCUT2D eigenvalue weighted by Crippen LogP contribution is -2.52. The molecule has 1 aromatic carbocycles. The topological polar surface area (TPSA) is 138 Å². The molecule has 5 rings (SSSR count). The summed E-state index contributed by atoms with van der Waals surface area (Å²) in [6.07, 6.45) is 8.30. The third kappa shape index (κ3) is 7.31. The number of ether oxygens (including phenoxy) is 3. The highest BCUT2D eigenvalue weighted by molar-refractivity contribution is 6.00. The highest BCUT2D eigenvalue weighted by Gasteiger charge is 2.55. The minimum absolute atomic E-state index is 0.0145. The van der Waals surface area contributed by atoms with Gasteiger partial charge in [-0.3, -0.25) is 14.4 Å². The van der Waals surface area contributed by atoms with Gasteiger partial charge in [0.2, 0.25) is 17.1 Å². The van der Waals surface area contributed by atoms with E-state index in [0.29, 0.717) is 31.2 Å². The van der Waals surface area contributed by atoms with Crippen LogP contribution >= 0.6 is 0 Å². The Morgan fingerprint density at radius 1 is 1.12 bits per heavy atom. The molecule has 1 spiro atoms. The van der Waals surface area contributed by atoms with Crippen molar-refractivity contribution in [2.24, 2.45) is 5.16 Å². The van der Waals surface area contributed by atoms with Crippen molar-refractivity contribution in [2.75, 3.05) is 20.3 Å². The molecule has 3 aliphatic heterocycles. The van der Waals surface area contributed by atoms with Crippen LogP contribution in [0.1, 0.15) is 111 Å². The van der Waals surface area contributed by atoms with Crippen LogP contribution in [-0.2, 0) is 20.9 Å². The number of rotatable bonds is 12. The summed E-state index contributed by atoms with van der Waals surface area (Å²) in [5.41, 5.74) is -2.73. The molecule has 0 aliphatic carbocycles. The molecule has 0 radical (unpaired) electrons. The number of aromatic nitrogens is 1. The number of oxime groups is 1. The predicted octanol–water partition coefficient (Wildman–Crippen LogP) is 5.62. The molecular formula is C34H42F2N4O8. The lowest BCUT2D eigenvalue weighted by atomic mass is 9.85. The molecular weight excluding hydrogens is 630 g/mol. The van der Waals surface area contributed by atoms with E-state index in [1.807, 2.05) is 6.92 Å². The largest absolute Gasteiger partial charge is 0.514 e. The maximum Gasteiger partial charge on any atom is 0.514 e. The van der Waals surface area contributed by atoms with Gasteiger partial charge in [-0.25, -0.2) is 13.6 Å². The lowest BCUT2D eigenvalue weighted by molar-refractivity contribution is -0.0655. The summed E-state index contributed by atoms with van der Waals surface area (Å²) in [6, 6.07) is 1.98. The fourth-order valence-corrected chi connectivity index (χ4v) is 6.54. The van der Waals surface area contributed by atoms with Crippen molar-refractivity contribution in [3.05, 3.63) is 63.1 Å². The maximum absolute atomic E-state index is 14.3. The van der Waals surface area contributed by atoms with E-state index >= 15 is 0 Å². The van der Waals surface area contributed by atoms with Crippen molar-refractivity contribution in [3.63, 3.8) is 0 Å². The molecule has 14 heteroatoms. The lowest BCUT2D eigenvalue weighted by Gasteiger charge is -2.41. The number of pyridine rings is 1. The first-order chi connectivity index (χ1) is 23.1. The monoisotopic (exact) mass is 672 g/mol. The number of amides is 2. The molecule has 48 heavy (non-hydrogen) atoms. The Labute approximate surface area is 277 Å². The minimum Gasteiger partial charge on any atom is -0.482 e. The second-order valence-electron chi connectivity index (χ2n) is 12.6. The van der Waals surface area contributed by atoms with Crippen molar-refractivity contribution < 1.29 is 42.2 Å². The van der Waals surface area contributed by atoms with Gasteiger partial charge >= 0.3 is 6.16 Å². The summed E-state index contributed by atoms with van der Waals surface area (Å²) in [6.45, 7) is 3.86. The Balaban J connectivity index is 1.47. The van der Waals surface area contributed by atoms with Crippen LogP contribution in [0.3, 0.4) is 0 Å². The molecule has 1 N–H and O–H groups in total. The molecule has 0 saturated carbocycles. The summed E-state index contributed by atoms with van der Waals surface area (Å²) >= 11 is 0. The molecule has 3 aliphatic rings. The van der Waals surface area contributed by atoms with Gasteiger partial charge in [-0.2, -0.15) is 0 Å². The highest BCUT2D eigenvalue weighted by atomic mass is 19.1. The van der Waals surface area contributed by atoms with E-state index in [2.05, 4.69) is 17.4 Å². The normalized spacial score (nSPS) is 21.2. The van der Waals surface area contributed by atoms with Gasteiger partial charge in [0.05, 0.1) is 26.2 Å². The average molecular weight is 673 g/mol. The van der Waals surface area contributed by atoms with E-state index in [4.69, 9.17) is 19.0 Å². The van der Waals surface area contributed by atoms with Gasteiger partial charge in [0.1, 0.15) is 17.2 Å². The first-order valence-corrected chi connectivity index (χ1v) is 16.5. The van der Waals surface area contributed by atoms with Crippen LogP contribution in [-0.4, -0.2) is 65.2 Å². The van der Waals surface area contributed by atoms with E-state index in [0.717, 1.165) is 38.2 Å². The molecule has 1 saturated heterocycles. The first-order valence-electron chi connectivity index (χ1n) is 16.5. The number of halogens is 2.